The zero-order valence-electron chi connectivity index (χ0n) is 26.6. The molecule has 3 heteroatoms. The van der Waals surface area contributed by atoms with Crippen LogP contribution in [-0.4, -0.2) is 4.57 Å². The van der Waals surface area contributed by atoms with Crippen LogP contribution in [-0.2, 0) is 0 Å². The molecule has 0 bridgehead atoms. The van der Waals surface area contributed by atoms with Gasteiger partial charge in [-0.1, -0.05) is 133 Å². The molecule has 0 atom stereocenters. The summed E-state index contributed by atoms with van der Waals surface area (Å²) in [5.41, 5.74) is 10.7. The van der Waals surface area contributed by atoms with Crippen LogP contribution in [0.1, 0.15) is 0 Å². The molecular weight excluding hydrogens is 597 g/mol. The van der Waals surface area contributed by atoms with Gasteiger partial charge in [-0.3, -0.25) is 0 Å². The van der Waals surface area contributed by atoms with Crippen molar-refractivity contribution in [2.75, 3.05) is 4.90 Å². The van der Waals surface area contributed by atoms with Crippen LogP contribution in [0.4, 0.5) is 17.1 Å². The number of hydrogen-bond donors (Lipinski definition) is 0. The largest absolute Gasteiger partial charge is 0.454 e. The van der Waals surface area contributed by atoms with E-state index in [1.54, 1.807) is 0 Å². The van der Waals surface area contributed by atoms with E-state index < -0.39 is 0 Å². The van der Waals surface area contributed by atoms with Gasteiger partial charge in [0.1, 0.15) is 5.58 Å². The highest BCUT2D eigenvalue weighted by Crippen LogP contribution is 2.47. The van der Waals surface area contributed by atoms with E-state index in [0.717, 1.165) is 50.2 Å². The molecule has 0 amide bonds. The normalized spacial score (nSPS) is 11.7. The first-order valence-electron chi connectivity index (χ1n) is 16.7. The molecule has 0 N–H and O–H groups in total. The summed E-state index contributed by atoms with van der Waals surface area (Å²) in [5, 5.41) is 7.12. The average Bonchev–Trinajstić information content (AvgIpc) is 3.72. The molecule has 0 spiro atoms. The lowest BCUT2D eigenvalue weighted by Gasteiger charge is -2.27. The molecule has 2 heterocycles. The van der Waals surface area contributed by atoms with Crippen molar-refractivity contribution in [3.63, 3.8) is 0 Å². The monoisotopic (exact) mass is 626 g/mol. The lowest BCUT2D eigenvalue weighted by Crippen LogP contribution is -2.12. The minimum absolute atomic E-state index is 0.862. The number of aromatic nitrogens is 1. The molecule has 0 aliphatic rings. The second-order valence-electron chi connectivity index (χ2n) is 12.5. The molecule has 0 radical (unpaired) electrons. The van der Waals surface area contributed by atoms with Gasteiger partial charge < -0.3 is 13.9 Å². The zero-order chi connectivity index (χ0) is 32.3. The van der Waals surface area contributed by atoms with Crippen molar-refractivity contribution in [3.8, 4) is 16.8 Å². The summed E-state index contributed by atoms with van der Waals surface area (Å²) in [6.45, 7) is 0. The Morgan fingerprint density at radius 3 is 1.92 bits per heavy atom. The molecule has 2 aromatic heterocycles. The van der Waals surface area contributed by atoms with Gasteiger partial charge in [-0.05, 0) is 70.4 Å². The summed E-state index contributed by atoms with van der Waals surface area (Å²) >= 11 is 0. The number of furan rings is 1. The zero-order valence-corrected chi connectivity index (χ0v) is 26.6. The lowest BCUT2D eigenvalue weighted by molar-refractivity contribution is 0.669. The Balaban J connectivity index is 1.27. The third-order valence-electron chi connectivity index (χ3n) is 9.78. The van der Waals surface area contributed by atoms with Crippen molar-refractivity contribution in [1.82, 2.24) is 4.57 Å². The highest BCUT2D eigenvalue weighted by atomic mass is 16.3. The van der Waals surface area contributed by atoms with Crippen LogP contribution in [0.15, 0.2) is 186 Å². The summed E-state index contributed by atoms with van der Waals surface area (Å²) in [4.78, 5) is 2.37. The molecule has 0 saturated heterocycles. The number of para-hydroxylation sites is 5. The minimum Gasteiger partial charge on any atom is -0.454 e. The maximum atomic E-state index is 6.69. The summed E-state index contributed by atoms with van der Waals surface area (Å²) in [7, 11) is 0. The van der Waals surface area contributed by atoms with E-state index in [1.807, 2.05) is 6.07 Å². The first-order chi connectivity index (χ1) is 24.3. The van der Waals surface area contributed by atoms with E-state index in [2.05, 4.69) is 185 Å². The Kier molecular flexibility index (Phi) is 6.18. The number of anilines is 3. The summed E-state index contributed by atoms with van der Waals surface area (Å²) in [6, 6.07) is 64.9. The Hall–Kier alpha value is -6.58. The number of benzene rings is 8. The quantitative estimate of drug-likeness (QED) is 0.190. The Morgan fingerprint density at radius 1 is 0.429 bits per heavy atom. The average molecular weight is 627 g/mol. The Labute approximate surface area is 283 Å². The molecule has 0 unspecified atom stereocenters. The van der Waals surface area contributed by atoms with Crippen molar-refractivity contribution in [2.45, 2.75) is 0 Å². The van der Waals surface area contributed by atoms with E-state index in [1.165, 1.54) is 38.2 Å². The Bertz CT molecular complexity index is 2820. The van der Waals surface area contributed by atoms with Gasteiger partial charge in [0.05, 0.1) is 22.4 Å². The molecule has 49 heavy (non-hydrogen) atoms. The molecule has 0 aliphatic carbocycles. The fraction of sp³-hybridized carbons (Fsp3) is 0. The second-order valence-corrected chi connectivity index (χ2v) is 12.5. The van der Waals surface area contributed by atoms with E-state index in [9.17, 15) is 0 Å². The van der Waals surface area contributed by atoms with E-state index in [4.69, 9.17) is 4.42 Å². The number of fused-ring (bicyclic) bond motifs is 7. The van der Waals surface area contributed by atoms with Gasteiger partial charge in [0.2, 0.25) is 0 Å². The highest BCUT2D eigenvalue weighted by Gasteiger charge is 2.24. The van der Waals surface area contributed by atoms with Gasteiger partial charge in [0.25, 0.3) is 0 Å². The molecule has 10 aromatic rings. The fourth-order valence-corrected chi connectivity index (χ4v) is 7.61. The fourth-order valence-electron chi connectivity index (χ4n) is 7.61. The molecule has 0 saturated carbocycles. The number of rotatable bonds is 5. The highest BCUT2D eigenvalue weighted by molar-refractivity contribution is 6.16. The maximum Gasteiger partial charge on any atom is 0.159 e. The molecule has 230 valence electrons. The van der Waals surface area contributed by atoms with Gasteiger partial charge >= 0.3 is 0 Å². The SMILES string of the molecule is c1ccc(-n2c3ccccc3c3cccc(N(c4ccc(-c5cccc6ccccc56)cc4)c4cccc5c4oc4ccccc45)c32)cc1. The molecule has 3 nitrogen and oxygen atoms in total. The van der Waals surface area contributed by atoms with Crippen molar-refractivity contribution >= 4 is 71.6 Å². The van der Waals surface area contributed by atoms with Crippen molar-refractivity contribution < 1.29 is 4.42 Å². The molecule has 0 aliphatic heterocycles. The number of nitrogens with zero attached hydrogens (tertiary/aromatic N) is 2. The topological polar surface area (TPSA) is 21.3 Å². The van der Waals surface area contributed by atoms with Crippen molar-refractivity contribution in [2.24, 2.45) is 0 Å². The van der Waals surface area contributed by atoms with Crippen LogP contribution < -0.4 is 4.90 Å². The first-order valence-corrected chi connectivity index (χ1v) is 16.7. The summed E-state index contributed by atoms with van der Waals surface area (Å²) in [5.74, 6) is 0. The predicted molar refractivity (Wildman–Crippen MR) is 206 cm³/mol. The van der Waals surface area contributed by atoms with Crippen LogP contribution in [0.25, 0.3) is 71.3 Å². The van der Waals surface area contributed by atoms with E-state index in [0.29, 0.717) is 0 Å². The van der Waals surface area contributed by atoms with Crippen LogP contribution in [0.3, 0.4) is 0 Å². The summed E-state index contributed by atoms with van der Waals surface area (Å²) in [6.07, 6.45) is 0. The van der Waals surface area contributed by atoms with Crippen LogP contribution >= 0.6 is 0 Å². The maximum absolute atomic E-state index is 6.69. The van der Waals surface area contributed by atoms with Gasteiger partial charge in [-0.2, -0.15) is 0 Å². The van der Waals surface area contributed by atoms with Crippen LogP contribution in [0, 0.1) is 0 Å². The smallest absolute Gasteiger partial charge is 0.159 e. The van der Waals surface area contributed by atoms with Crippen molar-refractivity contribution in [3.05, 3.63) is 182 Å². The van der Waals surface area contributed by atoms with E-state index >= 15 is 0 Å². The predicted octanol–water partition coefficient (Wildman–Crippen LogP) is 13.0. The van der Waals surface area contributed by atoms with Gasteiger partial charge in [0.15, 0.2) is 5.58 Å². The molecule has 10 rings (SSSR count). The third kappa shape index (κ3) is 4.29. The van der Waals surface area contributed by atoms with Gasteiger partial charge in [-0.25, -0.2) is 0 Å². The van der Waals surface area contributed by atoms with Gasteiger partial charge in [0, 0.05) is 32.9 Å². The molecular formula is C46H30N2O. The van der Waals surface area contributed by atoms with Crippen molar-refractivity contribution in [1.29, 1.82) is 0 Å². The van der Waals surface area contributed by atoms with Gasteiger partial charge in [-0.15, -0.1) is 0 Å². The van der Waals surface area contributed by atoms with E-state index in [-0.39, 0.29) is 0 Å². The number of hydrogen-bond acceptors (Lipinski definition) is 2. The first kappa shape index (κ1) is 27.5. The standard InChI is InChI=1S/C46H30N2O/c1-2-15-33(16-3-1)48-41-23-8-6-18-37(41)39-21-11-24-42(45(39)48)47(43-25-12-22-40-38-19-7-9-26-44(38)49-46(40)43)34-29-27-32(28-30-34)36-20-10-14-31-13-4-5-17-35(31)36/h1-30H. The summed E-state index contributed by atoms with van der Waals surface area (Å²) < 4.78 is 9.09. The van der Waals surface area contributed by atoms with Crippen LogP contribution in [0.5, 0.6) is 0 Å². The lowest BCUT2D eigenvalue weighted by atomic mass is 9.98. The van der Waals surface area contributed by atoms with Crippen LogP contribution in [0.2, 0.25) is 0 Å². The second kappa shape index (κ2) is 11.0. The Morgan fingerprint density at radius 2 is 1.06 bits per heavy atom. The minimum atomic E-state index is 0.862. The molecule has 0 fully saturated rings. The third-order valence-corrected chi connectivity index (χ3v) is 9.78. The molecule has 8 aromatic carbocycles.